The first kappa shape index (κ1) is 10.2. The number of hydrogen-bond acceptors (Lipinski definition) is 2. The van der Waals surface area contributed by atoms with Crippen LogP contribution in [0, 0.1) is 5.41 Å². The summed E-state index contributed by atoms with van der Waals surface area (Å²) in [6, 6.07) is 0. The SMILES string of the molecule is C/C=C/C(=O)OCC(C)(C)C. The summed E-state index contributed by atoms with van der Waals surface area (Å²) in [5.74, 6) is -0.262. The molecular weight excluding hydrogens is 140 g/mol. The Bertz CT molecular complexity index is 151. The first-order valence-electron chi connectivity index (χ1n) is 3.75. The van der Waals surface area contributed by atoms with E-state index < -0.39 is 0 Å². The predicted molar refractivity (Wildman–Crippen MR) is 45.2 cm³/mol. The lowest BCUT2D eigenvalue weighted by atomic mass is 9.99. The zero-order chi connectivity index (χ0) is 8.91. The van der Waals surface area contributed by atoms with Gasteiger partial charge in [-0.15, -0.1) is 0 Å². The van der Waals surface area contributed by atoms with Gasteiger partial charge in [-0.3, -0.25) is 0 Å². The van der Waals surface area contributed by atoms with Crippen LogP contribution in [0.4, 0.5) is 0 Å². The lowest BCUT2D eigenvalue weighted by Crippen LogP contribution is -2.17. The summed E-state index contributed by atoms with van der Waals surface area (Å²) in [6.07, 6.45) is 3.09. The van der Waals surface area contributed by atoms with Gasteiger partial charge in [0.15, 0.2) is 0 Å². The summed E-state index contributed by atoms with van der Waals surface area (Å²) < 4.78 is 4.92. The second-order valence-corrected chi connectivity index (χ2v) is 3.67. The molecule has 0 N–H and O–H groups in total. The Morgan fingerprint density at radius 1 is 1.45 bits per heavy atom. The summed E-state index contributed by atoms with van der Waals surface area (Å²) >= 11 is 0. The van der Waals surface area contributed by atoms with Gasteiger partial charge in [0.1, 0.15) is 0 Å². The minimum Gasteiger partial charge on any atom is -0.462 e. The highest BCUT2D eigenvalue weighted by atomic mass is 16.5. The zero-order valence-corrected chi connectivity index (χ0v) is 7.68. The molecule has 0 aliphatic carbocycles. The maximum absolute atomic E-state index is 10.8. The van der Waals surface area contributed by atoms with Gasteiger partial charge in [0.2, 0.25) is 0 Å². The number of hydrogen-bond donors (Lipinski definition) is 0. The molecule has 0 aliphatic rings. The molecule has 0 amide bonds. The maximum Gasteiger partial charge on any atom is 0.330 e. The van der Waals surface area contributed by atoms with E-state index in [1.165, 1.54) is 6.08 Å². The molecule has 0 aromatic rings. The van der Waals surface area contributed by atoms with E-state index in [0.29, 0.717) is 6.61 Å². The monoisotopic (exact) mass is 156 g/mol. The quantitative estimate of drug-likeness (QED) is 0.452. The molecule has 0 unspecified atom stereocenters. The first-order chi connectivity index (χ1) is 4.95. The third-order valence-corrected chi connectivity index (χ3v) is 0.950. The Morgan fingerprint density at radius 3 is 2.36 bits per heavy atom. The van der Waals surface area contributed by atoms with Crippen molar-refractivity contribution in [3.63, 3.8) is 0 Å². The lowest BCUT2D eigenvalue weighted by molar-refractivity contribution is -0.140. The van der Waals surface area contributed by atoms with E-state index in [9.17, 15) is 4.79 Å². The van der Waals surface area contributed by atoms with Gasteiger partial charge in [0.25, 0.3) is 0 Å². The number of allylic oxidation sites excluding steroid dienone is 1. The van der Waals surface area contributed by atoms with Crippen LogP contribution in [0.15, 0.2) is 12.2 Å². The average Bonchev–Trinajstić information content (AvgIpc) is 1.83. The van der Waals surface area contributed by atoms with E-state index in [0.717, 1.165) is 0 Å². The first-order valence-corrected chi connectivity index (χ1v) is 3.75. The molecule has 0 rings (SSSR count). The third-order valence-electron chi connectivity index (χ3n) is 0.950. The van der Waals surface area contributed by atoms with Crippen molar-refractivity contribution in [3.05, 3.63) is 12.2 Å². The van der Waals surface area contributed by atoms with E-state index >= 15 is 0 Å². The van der Waals surface area contributed by atoms with Gasteiger partial charge in [0.05, 0.1) is 6.61 Å². The van der Waals surface area contributed by atoms with E-state index in [2.05, 4.69) is 0 Å². The van der Waals surface area contributed by atoms with Gasteiger partial charge in [-0.1, -0.05) is 26.8 Å². The molecule has 0 aromatic carbocycles. The van der Waals surface area contributed by atoms with E-state index in [-0.39, 0.29) is 11.4 Å². The molecule has 0 fully saturated rings. The molecule has 2 nitrogen and oxygen atoms in total. The van der Waals surface area contributed by atoms with Gasteiger partial charge in [0, 0.05) is 6.08 Å². The molecule has 0 spiro atoms. The molecule has 11 heavy (non-hydrogen) atoms. The van der Waals surface area contributed by atoms with Crippen molar-refractivity contribution < 1.29 is 9.53 Å². The van der Waals surface area contributed by atoms with Crippen LogP contribution < -0.4 is 0 Å². The minimum absolute atomic E-state index is 0.0528. The summed E-state index contributed by atoms with van der Waals surface area (Å²) in [5, 5.41) is 0. The van der Waals surface area contributed by atoms with Crippen molar-refractivity contribution in [3.8, 4) is 0 Å². The number of carbonyl (C=O) groups excluding carboxylic acids is 1. The van der Waals surface area contributed by atoms with Crippen molar-refractivity contribution in [1.29, 1.82) is 0 Å². The van der Waals surface area contributed by atoms with E-state index in [4.69, 9.17) is 4.74 Å². The van der Waals surface area contributed by atoms with Crippen molar-refractivity contribution in [2.45, 2.75) is 27.7 Å². The molecule has 64 valence electrons. The average molecular weight is 156 g/mol. The Hall–Kier alpha value is -0.790. The molecule has 0 radical (unpaired) electrons. The van der Waals surface area contributed by atoms with Crippen molar-refractivity contribution in [2.75, 3.05) is 6.61 Å². The van der Waals surface area contributed by atoms with Crippen LogP contribution in [-0.4, -0.2) is 12.6 Å². The highest BCUT2D eigenvalue weighted by Crippen LogP contribution is 2.12. The molecule has 0 atom stereocenters. The highest BCUT2D eigenvalue weighted by Gasteiger charge is 2.11. The predicted octanol–water partition coefficient (Wildman–Crippen LogP) is 2.15. The fraction of sp³-hybridized carbons (Fsp3) is 0.667. The topological polar surface area (TPSA) is 26.3 Å². The van der Waals surface area contributed by atoms with Crippen LogP contribution in [0.5, 0.6) is 0 Å². The van der Waals surface area contributed by atoms with E-state index in [1.807, 2.05) is 20.8 Å². The highest BCUT2D eigenvalue weighted by molar-refractivity contribution is 5.81. The third kappa shape index (κ3) is 7.10. The van der Waals surface area contributed by atoms with Gasteiger partial charge < -0.3 is 4.74 Å². The molecule has 0 saturated carbocycles. The summed E-state index contributed by atoms with van der Waals surface area (Å²) in [6.45, 7) is 8.33. The summed E-state index contributed by atoms with van der Waals surface area (Å²) in [7, 11) is 0. The van der Waals surface area contributed by atoms with Crippen LogP contribution >= 0.6 is 0 Å². The molecule has 0 saturated heterocycles. The molecule has 0 aromatic heterocycles. The minimum atomic E-state index is -0.262. The number of rotatable bonds is 2. The summed E-state index contributed by atoms with van der Waals surface area (Å²) in [5.41, 5.74) is 0.0528. The number of esters is 1. The van der Waals surface area contributed by atoms with Gasteiger partial charge in [-0.25, -0.2) is 4.79 Å². The van der Waals surface area contributed by atoms with Crippen LogP contribution in [0.3, 0.4) is 0 Å². The Balaban J connectivity index is 3.63. The zero-order valence-electron chi connectivity index (χ0n) is 7.68. The Labute approximate surface area is 68.2 Å². The smallest absolute Gasteiger partial charge is 0.330 e. The van der Waals surface area contributed by atoms with E-state index in [1.54, 1.807) is 13.0 Å². The van der Waals surface area contributed by atoms with Crippen LogP contribution in [0.2, 0.25) is 0 Å². The second-order valence-electron chi connectivity index (χ2n) is 3.67. The molecule has 0 bridgehead atoms. The summed E-state index contributed by atoms with van der Waals surface area (Å²) in [4.78, 5) is 10.8. The standard InChI is InChI=1S/C9H16O2/c1-5-6-8(10)11-7-9(2,3)4/h5-6H,7H2,1-4H3/b6-5+. The van der Waals surface area contributed by atoms with Crippen LogP contribution in [-0.2, 0) is 9.53 Å². The van der Waals surface area contributed by atoms with Crippen molar-refractivity contribution in [1.82, 2.24) is 0 Å². The maximum atomic E-state index is 10.8. The van der Waals surface area contributed by atoms with Crippen molar-refractivity contribution >= 4 is 5.97 Å². The Morgan fingerprint density at radius 2 is 2.00 bits per heavy atom. The molecule has 0 aliphatic heterocycles. The van der Waals surface area contributed by atoms with Gasteiger partial charge >= 0.3 is 5.97 Å². The van der Waals surface area contributed by atoms with Gasteiger partial charge in [-0.2, -0.15) is 0 Å². The Kier molecular flexibility index (Phi) is 3.86. The van der Waals surface area contributed by atoms with Gasteiger partial charge in [-0.05, 0) is 12.3 Å². The van der Waals surface area contributed by atoms with Crippen molar-refractivity contribution in [2.24, 2.45) is 5.41 Å². The fourth-order valence-corrected chi connectivity index (χ4v) is 0.472. The fourth-order valence-electron chi connectivity index (χ4n) is 0.472. The molecule has 2 heteroatoms. The van der Waals surface area contributed by atoms with Crippen LogP contribution in [0.1, 0.15) is 27.7 Å². The molecular formula is C9H16O2. The number of ether oxygens (including phenoxy) is 1. The largest absolute Gasteiger partial charge is 0.462 e. The molecule has 0 heterocycles. The normalized spacial score (nSPS) is 12.0. The second kappa shape index (κ2) is 4.16. The number of carbonyl (C=O) groups is 1. The lowest BCUT2D eigenvalue weighted by Gasteiger charge is -2.16. The van der Waals surface area contributed by atoms with Crippen LogP contribution in [0.25, 0.3) is 0 Å².